The molecule has 0 unspecified atom stereocenters. The predicted molar refractivity (Wildman–Crippen MR) is 33.2 cm³/mol. The SMILES string of the molecule is CC(=O)N1CCOCC1(F)F. The molecule has 0 aromatic heterocycles. The van der Waals surface area contributed by atoms with Crippen LogP contribution in [0.25, 0.3) is 0 Å². The lowest BCUT2D eigenvalue weighted by Crippen LogP contribution is -2.52. The van der Waals surface area contributed by atoms with Gasteiger partial charge in [-0.1, -0.05) is 0 Å². The highest BCUT2D eigenvalue weighted by Crippen LogP contribution is 2.22. The quantitative estimate of drug-likeness (QED) is 0.488. The molecule has 0 atom stereocenters. The normalized spacial score (nSPS) is 23.4. The van der Waals surface area contributed by atoms with Crippen LogP contribution in [-0.2, 0) is 9.53 Å². The maximum Gasteiger partial charge on any atom is 0.351 e. The lowest BCUT2D eigenvalue weighted by atomic mass is 10.4. The number of amides is 1. The number of alkyl halides is 2. The number of hydrogen-bond acceptors (Lipinski definition) is 2. The monoisotopic (exact) mass is 165 g/mol. The lowest BCUT2D eigenvalue weighted by Gasteiger charge is -2.33. The Morgan fingerprint density at radius 2 is 2.27 bits per heavy atom. The Morgan fingerprint density at radius 3 is 2.64 bits per heavy atom. The zero-order valence-electron chi connectivity index (χ0n) is 6.14. The van der Waals surface area contributed by atoms with E-state index in [0.29, 0.717) is 4.90 Å². The maximum absolute atomic E-state index is 12.7. The molecule has 1 saturated heterocycles. The maximum atomic E-state index is 12.7. The van der Waals surface area contributed by atoms with Crippen molar-refractivity contribution in [1.82, 2.24) is 4.90 Å². The van der Waals surface area contributed by atoms with Gasteiger partial charge < -0.3 is 4.74 Å². The Kier molecular flexibility index (Phi) is 2.08. The van der Waals surface area contributed by atoms with Crippen molar-refractivity contribution >= 4 is 5.91 Å². The average molecular weight is 165 g/mol. The van der Waals surface area contributed by atoms with E-state index in [4.69, 9.17) is 0 Å². The summed E-state index contributed by atoms with van der Waals surface area (Å²) in [4.78, 5) is 11.1. The summed E-state index contributed by atoms with van der Waals surface area (Å²) in [6, 6.07) is -3.12. The third-order valence-corrected chi connectivity index (χ3v) is 1.51. The molecule has 0 radical (unpaired) electrons. The molecular formula is C6H9F2NO2. The average Bonchev–Trinajstić information content (AvgIpc) is 1.85. The molecule has 1 aliphatic rings. The molecule has 1 amide bonds. The first-order valence-electron chi connectivity index (χ1n) is 3.28. The van der Waals surface area contributed by atoms with Crippen molar-refractivity contribution in [3.63, 3.8) is 0 Å². The van der Waals surface area contributed by atoms with E-state index in [-0.39, 0.29) is 13.2 Å². The van der Waals surface area contributed by atoms with Crippen molar-refractivity contribution in [2.45, 2.75) is 13.0 Å². The number of hydrogen-bond donors (Lipinski definition) is 0. The van der Waals surface area contributed by atoms with E-state index < -0.39 is 18.6 Å². The number of morpholine rings is 1. The van der Waals surface area contributed by atoms with Gasteiger partial charge in [-0.2, -0.15) is 8.78 Å². The molecule has 0 saturated carbocycles. The second-order valence-electron chi connectivity index (χ2n) is 2.39. The van der Waals surface area contributed by atoms with E-state index in [2.05, 4.69) is 4.74 Å². The van der Waals surface area contributed by atoms with Crippen LogP contribution in [0.2, 0.25) is 0 Å². The van der Waals surface area contributed by atoms with E-state index in [1.165, 1.54) is 0 Å². The zero-order chi connectivity index (χ0) is 8.48. The first kappa shape index (κ1) is 8.39. The van der Waals surface area contributed by atoms with E-state index in [0.717, 1.165) is 6.92 Å². The number of halogens is 2. The second kappa shape index (κ2) is 2.73. The highest BCUT2D eigenvalue weighted by Gasteiger charge is 2.41. The minimum absolute atomic E-state index is 0.0255. The molecule has 11 heavy (non-hydrogen) atoms. The molecular weight excluding hydrogens is 156 g/mol. The summed E-state index contributed by atoms with van der Waals surface area (Å²) in [7, 11) is 0. The minimum Gasteiger partial charge on any atom is -0.371 e. The van der Waals surface area contributed by atoms with Gasteiger partial charge in [0.25, 0.3) is 0 Å². The molecule has 1 rings (SSSR count). The van der Waals surface area contributed by atoms with Crippen molar-refractivity contribution < 1.29 is 18.3 Å². The summed E-state index contributed by atoms with van der Waals surface area (Å²) >= 11 is 0. The molecule has 0 spiro atoms. The van der Waals surface area contributed by atoms with Crippen LogP contribution in [-0.4, -0.2) is 36.6 Å². The summed E-state index contributed by atoms with van der Waals surface area (Å²) < 4.78 is 29.9. The summed E-state index contributed by atoms with van der Waals surface area (Å²) in [5.41, 5.74) is 0. The van der Waals surface area contributed by atoms with E-state index in [1.54, 1.807) is 0 Å². The topological polar surface area (TPSA) is 29.5 Å². The molecule has 1 aliphatic heterocycles. The van der Waals surface area contributed by atoms with Crippen LogP contribution in [0.1, 0.15) is 6.92 Å². The van der Waals surface area contributed by atoms with Gasteiger partial charge >= 0.3 is 6.05 Å². The number of carbonyl (C=O) groups is 1. The van der Waals surface area contributed by atoms with Crippen LogP contribution in [0.5, 0.6) is 0 Å². The van der Waals surface area contributed by atoms with Gasteiger partial charge in [0.2, 0.25) is 5.91 Å². The molecule has 64 valence electrons. The molecule has 0 aromatic carbocycles. The van der Waals surface area contributed by atoms with Gasteiger partial charge in [-0.05, 0) is 0 Å². The van der Waals surface area contributed by atoms with Crippen molar-refractivity contribution in [2.24, 2.45) is 0 Å². The van der Waals surface area contributed by atoms with Gasteiger partial charge in [0.15, 0.2) is 0 Å². The van der Waals surface area contributed by atoms with Crippen LogP contribution in [0.4, 0.5) is 8.78 Å². The molecule has 3 nitrogen and oxygen atoms in total. The third kappa shape index (κ3) is 1.65. The number of nitrogens with zero attached hydrogens (tertiary/aromatic N) is 1. The van der Waals surface area contributed by atoms with Crippen LogP contribution in [0.3, 0.4) is 0 Å². The van der Waals surface area contributed by atoms with E-state index in [1.807, 2.05) is 0 Å². The fourth-order valence-corrected chi connectivity index (χ4v) is 0.980. The standard InChI is InChI=1S/C6H9F2NO2/c1-5(10)9-2-3-11-4-6(9,7)8/h2-4H2,1H3. The van der Waals surface area contributed by atoms with Crippen LogP contribution in [0, 0.1) is 0 Å². The fourth-order valence-electron chi connectivity index (χ4n) is 0.980. The van der Waals surface area contributed by atoms with Gasteiger partial charge in [0.05, 0.1) is 6.61 Å². The van der Waals surface area contributed by atoms with Crippen molar-refractivity contribution in [2.75, 3.05) is 19.8 Å². The second-order valence-corrected chi connectivity index (χ2v) is 2.39. The summed E-state index contributed by atoms with van der Waals surface area (Å²) in [5.74, 6) is -0.613. The predicted octanol–water partition coefficient (Wildman–Crippen LogP) is 0.458. The summed E-state index contributed by atoms with van der Waals surface area (Å²) in [5, 5.41) is 0. The first-order chi connectivity index (χ1) is 5.04. The molecule has 1 heterocycles. The van der Waals surface area contributed by atoms with E-state index >= 15 is 0 Å². The van der Waals surface area contributed by atoms with Gasteiger partial charge in [-0.15, -0.1) is 0 Å². The molecule has 5 heteroatoms. The third-order valence-electron chi connectivity index (χ3n) is 1.51. The van der Waals surface area contributed by atoms with Gasteiger partial charge in [0.1, 0.15) is 6.61 Å². The molecule has 0 bridgehead atoms. The first-order valence-corrected chi connectivity index (χ1v) is 3.28. The van der Waals surface area contributed by atoms with Gasteiger partial charge in [0, 0.05) is 13.5 Å². The van der Waals surface area contributed by atoms with Crippen molar-refractivity contribution in [1.29, 1.82) is 0 Å². The van der Waals surface area contributed by atoms with Crippen LogP contribution >= 0.6 is 0 Å². The Hall–Kier alpha value is -0.710. The fraction of sp³-hybridized carbons (Fsp3) is 0.833. The molecule has 0 aromatic rings. The number of carbonyl (C=O) groups excluding carboxylic acids is 1. The Balaban J connectivity index is 2.67. The van der Waals surface area contributed by atoms with Crippen LogP contribution in [0.15, 0.2) is 0 Å². The van der Waals surface area contributed by atoms with Crippen molar-refractivity contribution in [3.05, 3.63) is 0 Å². The summed E-state index contributed by atoms with van der Waals surface area (Å²) in [6.45, 7) is 0.601. The van der Waals surface area contributed by atoms with E-state index in [9.17, 15) is 13.6 Å². The Bertz CT molecular complexity index is 172. The zero-order valence-corrected chi connectivity index (χ0v) is 6.14. The lowest BCUT2D eigenvalue weighted by molar-refractivity contribution is -0.217. The molecule has 0 aliphatic carbocycles. The van der Waals surface area contributed by atoms with Crippen molar-refractivity contribution in [3.8, 4) is 0 Å². The smallest absolute Gasteiger partial charge is 0.351 e. The molecule has 0 N–H and O–H groups in total. The highest BCUT2D eigenvalue weighted by atomic mass is 19.3. The van der Waals surface area contributed by atoms with Crippen LogP contribution < -0.4 is 0 Å². The van der Waals surface area contributed by atoms with Gasteiger partial charge in [-0.25, -0.2) is 0 Å². The highest BCUT2D eigenvalue weighted by molar-refractivity contribution is 5.73. The largest absolute Gasteiger partial charge is 0.371 e. The number of ether oxygens (including phenoxy) is 1. The summed E-state index contributed by atoms with van der Waals surface area (Å²) in [6.07, 6.45) is 0. The Morgan fingerprint density at radius 1 is 1.64 bits per heavy atom. The number of rotatable bonds is 0. The van der Waals surface area contributed by atoms with Gasteiger partial charge in [-0.3, -0.25) is 9.69 Å². The Labute approximate surface area is 62.9 Å². The minimum atomic E-state index is -3.12. The molecule has 1 fully saturated rings.